The third-order valence-corrected chi connectivity index (χ3v) is 3.64. The van der Waals surface area contributed by atoms with Gasteiger partial charge in [0.05, 0.1) is 0 Å². The van der Waals surface area contributed by atoms with Gasteiger partial charge in [-0.1, -0.05) is 80.2 Å². The molecule has 128 valence electrons. The number of nitrogens with zero attached hydrogens (tertiary/aromatic N) is 1. The number of benzene rings is 1. The highest BCUT2D eigenvalue weighted by Crippen LogP contribution is 2.21. The van der Waals surface area contributed by atoms with Gasteiger partial charge < -0.3 is 4.90 Å². The first kappa shape index (κ1) is 19.8. The van der Waals surface area contributed by atoms with Crippen LogP contribution in [0.5, 0.6) is 0 Å². The Balaban J connectivity index is 3.12. The average molecular weight is 322 g/mol. The maximum absolute atomic E-state index is 3.75. The van der Waals surface area contributed by atoms with Gasteiger partial charge in [0.25, 0.3) is 0 Å². The lowest BCUT2D eigenvalue weighted by Gasteiger charge is -2.25. The molecule has 24 heavy (non-hydrogen) atoms. The lowest BCUT2D eigenvalue weighted by Crippen LogP contribution is -2.21. The van der Waals surface area contributed by atoms with Crippen molar-refractivity contribution in [2.24, 2.45) is 0 Å². The molecule has 0 saturated carbocycles. The van der Waals surface area contributed by atoms with Crippen LogP contribution in [0.25, 0.3) is 0 Å². The SMILES string of the molecule is C=C/C=C(C)\C=C/CN(C(/C=C\CC)=C/CC)c1ccc(C)cc1. The summed E-state index contributed by atoms with van der Waals surface area (Å²) in [6.07, 6.45) is 17.0. The molecule has 0 unspecified atom stereocenters. The van der Waals surface area contributed by atoms with Crippen molar-refractivity contribution in [3.8, 4) is 0 Å². The van der Waals surface area contributed by atoms with Crippen molar-refractivity contribution in [3.63, 3.8) is 0 Å². The molecule has 0 aliphatic rings. The molecule has 0 aliphatic carbocycles. The van der Waals surface area contributed by atoms with E-state index in [1.165, 1.54) is 22.5 Å². The fourth-order valence-corrected chi connectivity index (χ4v) is 2.39. The first-order valence-electron chi connectivity index (χ1n) is 8.79. The summed E-state index contributed by atoms with van der Waals surface area (Å²) in [6, 6.07) is 8.72. The predicted octanol–water partition coefficient (Wildman–Crippen LogP) is 6.75. The largest absolute Gasteiger partial charge is 0.338 e. The molecule has 0 radical (unpaired) electrons. The number of hydrogen-bond donors (Lipinski definition) is 0. The molecule has 0 bridgehead atoms. The minimum Gasteiger partial charge on any atom is -0.338 e. The highest BCUT2D eigenvalue weighted by Gasteiger charge is 2.08. The Morgan fingerprint density at radius 1 is 1.04 bits per heavy atom. The molecule has 0 amide bonds. The van der Waals surface area contributed by atoms with Crippen LogP contribution in [0.4, 0.5) is 5.69 Å². The van der Waals surface area contributed by atoms with Gasteiger partial charge in [-0.3, -0.25) is 0 Å². The third kappa shape index (κ3) is 6.87. The molecule has 1 rings (SSSR count). The molecule has 0 aromatic heterocycles. The molecular weight excluding hydrogens is 290 g/mol. The number of rotatable bonds is 9. The van der Waals surface area contributed by atoms with Gasteiger partial charge in [0, 0.05) is 17.9 Å². The fourth-order valence-electron chi connectivity index (χ4n) is 2.39. The lowest BCUT2D eigenvalue weighted by molar-refractivity contribution is 1.01. The molecule has 0 aliphatic heterocycles. The molecule has 1 aromatic rings. The van der Waals surface area contributed by atoms with E-state index in [9.17, 15) is 0 Å². The Morgan fingerprint density at radius 2 is 1.75 bits per heavy atom. The standard InChI is InChI=1S/C23H31N/c1-6-9-14-22(12-8-3)24(19-10-13-20(4)11-7-2)23-17-15-21(5)16-18-23/h7,9-18H,2,6,8,19H2,1,3-5H3/b13-10-,14-9-,20-11-,22-12+. The molecule has 0 heterocycles. The van der Waals surface area contributed by atoms with Gasteiger partial charge in [-0.15, -0.1) is 0 Å². The first-order chi connectivity index (χ1) is 11.6. The van der Waals surface area contributed by atoms with E-state index in [1.807, 2.05) is 12.2 Å². The van der Waals surface area contributed by atoms with Gasteiger partial charge in [-0.2, -0.15) is 0 Å². The van der Waals surface area contributed by atoms with Gasteiger partial charge in [0.1, 0.15) is 0 Å². The van der Waals surface area contributed by atoms with Crippen molar-refractivity contribution in [1.29, 1.82) is 0 Å². The number of aryl methyl sites for hydroxylation is 1. The minimum atomic E-state index is 0.839. The Labute approximate surface area is 148 Å². The molecule has 1 nitrogen and oxygen atoms in total. The van der Waals surface area contributed by atoms with Gasteiger partial charge in [0.15, 0.2) is 0 Å². The molecule has 0 N–H and O–H groups in total. The zero-order chi connectivity index (χ0) is 17.8. The summed E-state index contributed by atoms with van der Waals surface area (Å²) in [6.45, 7) is 13.1. The highest BCUT2D eigenvalue weighted by atomic mass is 15.1. The van der Waals surface area contributed by atoms with E-state index in [4.69, 9.17) is 0 Å². The minimum absolute atomic E-state index is 0.839. The average Bonchev–Trinajstić information content (AvgIpc) is 2.57. The Morgan fingerprint density at radius 3 is 2.33 bits per heavy atom. The van der Waals surface area contributed by atoms with E-state index in [-0.39, 0.29) is 0 Å². The van der Waals surface area contributed by atoms with Crippen LogP contribution < -0.4 is 4.90 Å². The zero-order valence-electron chi connectivity index (χ0n) is 15.6. The van der Waals surface area contributed by atoms with Gasteiger partial charge >= 0.3 is 0 Å². The third-order valence-electron chi connectivity index (χ3n) is 3.64. The smallest absolute Gasteiger partial charge is 0.0415 e. The summed E-state index contributed by atoms with van der Waals surface area (Å²) >= 11 is 0. The van der Waals surface area contributed by atoms with Crippen LogP contribution in [0.15, 0.2) is 84.6 Å². The highest BCUT2D eigenvalue weighted by molar-refractivity contribution is 5.56. The van der Waals surface area contributed by atoms with Crippen molar-refractivity contribution in [2.75, 3.05) is 11.4 Å². The maximum Gasteiger partial charge on any atom is 0.0415 e. The Hall–Kier alpha value is -2.28. The van der Waals surface area contributed by atoms with E-state index in [0.717, 1.165) is 19.4 Å². The molecule has 0 spiro atoms. The van der Waals surface area contributed by atoms with E-state index < -0.39 is 0 Å². The fraction of sp³-hybridized carbons (Fsp3) is 0.304. The van der Waals surface area contributed by atoms with E-state index >= 15 is 0 Å². The van der Waals surface area contributed by atoms with Crippen LogP contribution >= 0.6 is 0 Å². The summed E-state index contributed by atoms with van der Waals surface area (Å²) in [4.78, 5) is 2.35. The van der Waals surface area contributed by atoms with Gasteiger partial charge in [-0.05, 0) is 44.9 Å². The number of hydrogen-bond acceptors (Lipinski definition) is 1. The Bertz CT molecular complexity index is 612. The number of allylic oxidation sites excluding steroid dienone is 7. The van der Waals surface area contributed by atoms with Crippen LogP contribution in [0.2, 0.25) is 0 Å². The van der Waals surface area contributed by atoms with Crippen molar-refractivity contribution in [2.45, 2.75) is 40.5 Å². The molecule has 0 fully saturated rings. The molecule has 1 aromatic carbocycles. The topological polar surface area (TPSA) is 3.24 Å². The molecule has 0 saturated heterocycles. The molecular formula is C23H31N. The van der Waals surface area contributed by atoms with Crippen LogP contribution in [0.3, 0.4) is 0 Å². The summed E-state index contributed by atoms with van der Waals surface area (Å²) in [5.41, 5.74) is 4.96. The van der Waals surface area contributed by atoms with Gasteiger partial charge in [0.2, 0.25) is 0 Å². The maximum atomic E-state index is 3.75. The van der Waals surface area contributed by atoms with Gasteiger partial charge in [-0.25, -0.2) is 0 Å². The van der Waals surface area contributed by atoms with E-state index in [2.05, 4.69) is 93.8 Å². The van der Waals surface area contributed by atoms with Crippen molar-refractivity contribution < 1.29 is 0 Å². The second-order valence-electron chi connectivity index (χ2n) is 5.84. The predicted molar refractivity (Wildman–Crippen MR) is 109 cm³/mol. The molecule has 0 atom stereocenters. The van der Waals surface area contributed by atoms with E-state index in [1.54, 1.807) is 0 Å². The van der Waals surface area contributed by atoms with Crippen LogP contribution in [-0.4, -0.2) is 6.54 Å². The van der Waals surface area contributed by atoms with Crippen LogP contribution in [0, 0.1) is 6.92 Å². The first-order valence-corrected chi connectivity index (χ1v) is 8.79. The van der Waals surface area contributed by atoms with Crippen molar-refractivity contribution >= 4 is 5.69 Å². The summed E-state index contributed by atoms with van der Waals surface area (Å²) in [5, 5.41) is 0. The number of anilines is 1. The monoisotopic (exact) mass is 321 g/mol. The van der Waals surface area contributed by atoms with Crippen LogP contribution in [-0.2, 0) is 0 Å². The molecule has 1 heteroatoms. The second-order valence-corrected chi connectivity index (χ2v) is 5.84. The lowest BCUT2D eigenvalue weighted by atomic mass is 10.1. The van der Waals surface area contributed by atoms with E-state index in [0.29, 0.717) is 0 Å². The summed E-state index contributed by atoms with van der Waals surface area (Å²) < 4.78 is 0. The van der Waals surface area contributed by atoms with Crippen molar-refractivity contribution in [3.05, 3.63) is 90.2 Å². The quantitative estimate of drug-likeness (QED) is 0.455. The Kier molecular flexibility index (Phi) is 9.29. The summed E-state index contributed by atoms with van der Waals surface area (Å²) in [7, 11) is 0. The second kappa shape index (κ2) is 11.3. The van der Waals surface area contributed by atoms with Crippen LogP contribution in [0.1, 0.15) is 39.2 Å². The van der Waals surface area contributed by atoms with Crippen molar-refractivity contribution in [1.82, 2.24) is 0 Å². The summed E-state index contributed by atoms with van der Waals surface area (Å²) in [5.74, 6) is 0. The zero-order valence-corrected chi connectivity index (χ0v) is 15.6. The normalized spacial score (nSPS) is 13.0.